The molecule has 0 fully saturated rings. The van der Waals surface area contributed by atoms with Gasteiger partial charge in [0.15, 0.2) is 0 Å². The molecule has 6 heteroatoms. The Morgan fingerprint density at radius 1 is 1.33 bits per heavy atom. The molecule has 0 amide bonds. The highest BCUT2D eigenvalue weighted by atomic mass is 79.9. The Balaban J connectivity index is 2.09. The molecule has 0 bridgehead atoms. The van der Waals surface area contributed by atoms with E-state index in [4.69, 9.17) is 14.6 Å². The van der Waals surface area contributed by atoms with Gasteiger partial charge in [-0.15, -0.1) is 0 Å². The van der Waals surface area contributed by atoms with Crippen molar-refractivity contribution in [2.45, 2.75) is 19.4 Å². The van der Waals surface area contributed by atoms with Gasteiger partial charge in [0, 0.05) is 13.2 Å². The highest BCUT2D eigenvalue weighted by molar-refractivity contribution is 9.10. The van der Waals surface area contributed by atoms with Gasteiger partial charge in [-0.25, -0.2) is 0 Å². The molecule has 21 heavy (non-hydrogen) atoms. The third kappa shape index (κ3) is 8.38. The summed E-state index contributed by atoms with van der Waals surface area (Å²) in [5.74, 6) is 0.733. The second kappa shape index (κ2) is 11.0. The molecule has 0 aliphatic heterocycles. The summed E-state index contributed by atoms with van der Waals surface area (Å²) in [7, 11) is 0. The Hall–Kier alpha value is -0.660. The predicted octanol–water partition coefficient (Wildman–Crippen LogP) is 1.49. The number of benzene rings is 1. The monoisotopic (exact) mass is 361 g/mol. The van der Waals surface area contributed by atoms with Gasteiger partial charge in [-0.3, -0.25) is 0 Å². The molecule has 0 saturated heterocycles. The van der Waals surface area contributed by atoms with Crippen LogP contribution in [0.3, 0.4) is 0 Å². The molecule has 120 valence electrons. The molecule has 3 N–H and O–H groups in total. The SMILES string of the molecule is Cc1ccc(OCC(O)CNCCCOCCO)c(Br)c1. The number of halogens is 1. The van der Waals surface area contributed by atoms with Gasteiger partial charge in [0.1, 0.15) is 18.5 Å². The lowest BCUT2D eigenvalue weighted by atomic mass is 10.2. The summed E-state index contributed by atoms with van der Waals surface area (Å²) in [6.07, 6.45) is 0.286. The van der Waals surface area contributed by atoms with Crippen LogP contribution in [0, 0.1) is 6.92 Å². The Morgan fingerprint density at radius 3 is 2.86 bits per heavy atom. The number of hydrogen-bond donors (Lipinski definition) is 3. The lowest BCUT2D eigenvalue weighted by Gasteiger charge is -2.14. The Kier molecular flexibility index (Phi) is 9.62. The number of aliphatic hydroxyl groups excluding tert-OH is 2. The molecular weight excluding hydrogens is 338 g/mol. The Bertz CT molecular complexity index is 403. The maximum absolute atomic E-state index is 9.83. The number of aryl methyl sites for hydroxylation is 1. The fourth-order valence-electron chi connectivity index (χ4n) is 1.70. The predicted molar refractivity (Wildman–Crippen MR) is 85.8 cm³/mol. The van der Waals surface area contributed by atoms with Gasteiger partial charge in [-0.2, -0.15) is 0 Å². The van der Waals surface area contributed by atoms with E-state index in [9.17, 15) is 5.11 Å². The number of hydrogen-bond acceptors (Lipinski definition) is 5. The van der Waals surface area contributed by atoms with E-state index in [0.717, 1.165) is 28.8 Å². The fourth-order valence-corrected chi connectivity index (χ4v) is 2.31. The summed E-state index contributed by atoms with van der Waals surface area (Å²) in [6, 6.07) is 5.83. The van der Waals surface area contributed by atoms with E-state index >= 15 is 0 Å². The van der Waals surface area contributed by atoms with Crippen molar-refractivity contribution in [3.05, 3.63) is 28.2 Å². The molecule has 5 nitrogen and oxygen atoms in total. The molecule has 0 aliphatic rings. The molecule has 1 unspecified atom stereocenters. The van der Waals surface area contributed by atoms with Crippen LogP contribution in [-0.4, -0.2) is 55.8 Å². The molecule has 1 aromatic rings. The standard InChI is InChI=1S/C15H24BrNO4/c1-12-3-4-15(14(16)9-12)21-11-13(19)10-17-5-2-7-20-8-6-18/h3-4,9,13,17-19H,2,5-8,10-11H2,1H3. The van der Waals surface area contributed by atoms with Crippen LogP contribution in [0.1, 0.15) is 12.0 Å². The van der Waals surface area contributed by atoms with Crippen LogP contribution in [0.4, 0.5) is 0 Å². The van der Waals surface area contributed by atoms with E-state index in [1.165, 1.54) is 0 Å². The van der Waals surface area contributed by atoms with E-state index in [2.05, 4.69) is 21.2 Å². The van der Waals surface area contributed by atoms with Crippen molar-refractivity contribution < 1.29 is 19.7 Å². The highest BCUT2D eigenvalue weighted by Crippen LogP contribution is 2.25. The number of aliphatic hydroxyl groups is 2. The first-order valence-electron chi connectivity index (χ1n) is 7.10. The van der Waals surface area contributed by atoms with Gasteiger partial charge in [-0.1, -0.05) is 6.07 Å². The van der Waals surface area contributed by atoms with Crippen molar-refractivity contribution in [2.75, 3.05) is 39.5 Å². The molecule has 0 aromatic heterocycles. The van der Waals surface area contributed by atoms with Crippen LogP contribution < -0.4 is 10.1 Å². The van der Waals surface area contributed by atoms with Crippen LogP contribution in [0.15, 0.2) is 22.7 Å². The number of ether oxygens (including phenoxy) is 2. The first-order valence-corrected chi connectivity index (χ1v) is 7.89. The third-order valence-electron chi connectivity index (χ3n) is 2.78. The van der Waals surface area contributed by atoms with E-state index in [1.54, 1.807) is 0 Å². The van der Waals surface area contributed by atoms with Crippen LogP contribution >= 0.6 is 15.9 Å². The average Bonchev–Trinajstić information content (AvgIpc) is 2.45. The molecular formula is C15H24BrNO4. The Morgan fingerprint density at radius 2 is 2.14 bits per heavy atom. The maximum atomic E-state index is 9.83. The van der Waals surface area contributed by atoms with Crippen LogP contribution in [0.5, 0.6) is 5.75 Å². The van der Waals surface area contributed by atoms with Crippen molar-refractivity contribution in [3.8, 4) is 5.75 Å². The lowest BCUT2D eigenvalue weighted by molar-refractivity contribution is 0.0874. The molecule has 0 saturated carbocycles. The van der Waals surface area contributed by atoms with E-state index in [-0.39, 0.29) is 13.2 Å². The van der Waals surface area contributed by atoms with Crippen LogP contribution in [-0.2, 0) is 4.74 Å². The summed E-state index contributed by atoms with van der Waals surface area (Å²) in [5.41, 5.74) is 1.15. The summed E-state index contributed by atoms with van der Waals surface area (Å²) in [5, 5.41) is 21.5. The molecule has 0 radical (unpaired) electrons. The molecule has 0 heterocycles. The quantitative estimate of drug-likeness (QED) is 0.521. The van der Waals surface area contributed by atoms with Crippen molar-refractivity contribution in [1.29, 1.82) is 0 Å². The smallest absolute Gasteiger partial charge is 0.133 e. The zero-order valence-electron chi connectivity index (χ0n) is 12.3. The highest BCUT2D eigenvalue weighted by Gasteiger charge is 2.07. The van der Waals surface area contributed by atoms with Gasteiger partial charge in [0.05, 0.1) is 17.7 Å². The Labute approximate surface area is 134 Å². The minimum absolute atomic E-state index is 0.0536. The van der Waals surface area contributed by atoms with Gasteiger partial charge in [0.2, 0.25) is 0 Å². The minimum atomic E-state index is -0.559. The number of nitrogens with one attached hydrogen (secondary N) is 1. The second-order valence-electron chi connectivity index (χ2n) is 4.79. The normalized spacial score (nSPS) is 12.4. The zero-order valence-corrected chi connectivity index (χ0v) is 13.9. The number of rotatable bonds is 11. The molecule has 1 aromatic carbocycles. The summed E-state index contributed by atoms with van der Waals surface area (Å²) >= 11 is 3.44. The van der Waals surface area contributed by atoms with Crippen molar-refractivity contribution in [1.82, 2.24) is 5.32 Å². The summed E-state index contributed by atoms with van der Waals surface area (Å²) in [6.45, 7) is 4.53. The summed E-state index contributed by atoms with van der Waals surface area (Å²) in [4.78, 5) is 0. The van der Waals surface area contributed by atoms with Crippen LogP contribution in [0.2, 0.25) is 0 Å². The van der Waals surface area contributed by atoms with Gasteiger partial charge < -0.3 is 25.0 Å². The van der Waals surface area contributed by atoms with Crippen molar-refractivity contribution in [3.63, 3.8) is 0 Å². The zero-order chi connectivity index (χ0) is 15.5. The molecule has 1 atom stereocenters. The molecule has 1 rings (SSSR count). The van der Waals surface area contributed by atoms with Gasteiger partial charge >= 0.3 is 0 Å². The van der Waals surface area contributed by atoms with E-state index in [0.29, 0.717) is 19.8 Å². The maximum Gasteiger partial charge on any atom is 0.133 e. The topological polar surface area (TPSA) is 71.0 Å². The van der Waals surface area contributed by atoms with E-state index in [1.807, 2.05) is 25.1 Å². The lowest BCUT2D eigenvalue weighted by Crippen LogP contribution is -2.32. The third-order valence-corrected chi connectivity index (χ3v) is 3.40. The largest absolute Gasteiger partial charge is 0.490 e. The van der Waals surface area contributed by atoms with E-state index < -0.39 is 6.10 Å². The van der Waals surface area contributed by atoms with Crippen molar-refractivity contribution >= 4 is 15.9 Å². The summed E-state index contributed by atoms with van der Waals surface area (Å²) < 4.78 is 11.6. The molecule has 0 aliphatic carbocycles. The average molecular weight is 362 g/mol. The van der Waals surface area contributed by atoms with Gasteiger partial charge in [0.25, 0.3) is 0 Å². The minimum Gasteiger partial charge on any atom is -0.490 e. The first kappa shape index (κ1) is 18.4. The van der Waals surface area contributed by atoms with Crippen LogP contribution in [0.25, 0.3) is 0 Å². The second-order valence-corrected chi connectivity index (χ2v) is 5.65. The van der Waals surface area contributed by atoms with Gasteiger partial charge in [-0.05, 0) is 53.5 Å². The fraction of sp³-hybridized carbons (Fsp3) is 0.600. The first-order chi connectivity index (χ1) is 10.1. The molecule has 0 spiro atoms. The van der Waals surface area contributed by atoms with Crippen molar-refractivity contribution in [2.24, 2.45) is 0 Å².